The molecule has 5 nitrogen and oxygen atoms in total. The summed E-state index contributed by atoms with van der Waals surface area (Å²) in [5.41, 5.74) is 2.91. The Morgan fingerprint density at radius 3 is 2.90 bits per heavy atom. The van der Waals surface area contributed by atoms with Crippen LogP contribution in [0.5, 0.6) is 0 Å². The lowest BCUT2D eigenvalue weighted by Crippen LogP contribution is -2.28. The monoisotopic (exact) mass is 307 g/mol. The highest BCUT2D eigenvalue weighted by molar-refractivity contribution is 7.89. The molecule has 2 rings (SSSR count). The van der Waals surface area contributed by atoms with Crippen molar-refractivity contribution in [3.63, 3.8) is 0 Å². The Hall–Kier alpha value is -1.66. The molecule has 1 N–H and O–H groups in total. The number of sulfonamides is 1. The second-order valence-corrected chi connectivity index (χ2v) is 7.15. The molecule has 0 atom stereocenters. The van der Waals surface area contributed by atoms with E-state index in [4.69, 9.17) is 0 Å². The maximum Gasteiger partial charge on any atom is 0.215 e. The normalized spacial score (nSPS) is 11.9. The molecule has 0 spiro atoms. The third kappa shape index (κ3) is 4.15. The van der Waals surface area contributed by atoms with Gasteiger partial charge in [0.15, 0.2) is 0 Å². The molecule has 1 aromatic heterocycles. The zero-order valence-electron chi connectivity index (χ0n) is 12.5. The van der Waals surface area contributed by atoms with Crippen molar-refractivity contribution >= 4 is 20.9 Å². The lowest BCUT2D eigenvalue weighted by molar-refractivity contribution is 0.561. The molecule has 0 fully saturated rings. The average Bonchev–Trinajstić information content (AvgIpc) is 2.78. The van der Waals surface area contributed by atoms with Crippen LogP contribution in [0.25, 0.3) is 10.9 Å². The van der Waals surface area contributed by atoms with Gasteiger partial charge in [-0.25, -0.2) is 13.1 Å². The second kappa shape index (κ2) is 6.41. The standard InChI is InChI=1S/C15H21N3O2S/c1-12(2)11-21(19,20)17-8-5-9-18-15-7-4-6-13(3)14(15)10-16-18/h4,6-7,10,17H,1,5,8-9,11H2,2-3H3. The minimum absolute atomic E-state index is 0.0170. The molecular weight excluding hydrogens is 286 g/mol. The molecule has 0 bridgehead atoms. The number of rotatable bonds is 7. The van der Waals surface area contributed by atoms with Crippen molar-refractivity contribution in [2.75, 3.05) is 12.3 Å². The molecule has 0 aliphatic carbocycles. The van der Waals surface area contributed by atoms with Gasteiger partial charge in [0, 0.05) is 18.5 Å². The highest BCUT2D eigenvalue weighted by Crippen LogP contribution is 2.17. The first kappa shape index (κ1) is 15.7. The highest BCUT2D eigenvalue weighted by atomic mass is 32.2. The number of nitrogens with zero attached hydrogens (tertiary/aromatic N) is 2. The zero-order chi connectivity index (χ0) is 15.5. The summed E-state index contributed by atoms with van der Waals surface area (Å²) in [6, 6.07) is 6.09. The molecule has 2 aromatic rings. The van der Waals surface area contributed by atoms with Crippen LogP contribution in [-0.2, 0) is 16.6 Å². The topological polar surface area (TPSA) is 64.0 Å². The van der Waals surface area contributed by atoms with Gasteiger partial charge in [0.05, 0.1) is 17.5 Å². The first-order chi connectivity index (χ1) is 9.89. The van der Waals surface area contributed by atoms with Gasteiger partial charge in [0.1, 0.15) is 0 Å². The van der Waals surface area contributed by atoms with Crippen molar-refractivity contribution in [1.29, 1.82) is 0 Å². The third-order valence-electron chi connectivity index (χ3n) is 3.21. The van der Waals surface area contributed by atoms with Crippen molar-refractivity contribution in [2.24, 2.45) is 0 Å². The Morgan fingerprint density at radius 2 is 2.19 bits per heavy atom. The maximum absolute atomic E-state index is 11.7. The van der Waals surface area contributed by atoms with E-state index in [1.807, 2.05) is 23.0 Å². The summed E-state index contributed by atoms with van der Waals surface area (Å²) in [6.45, 7) is 8.47. The van der Waals surface area contributed by atoms with E-state index in [9.17, 15) is 8.42 Å². The SMILES string of the molecule is C=C(C)CS(=O)(=O)NCCCn1ncc2c(C)cccc21. The Morgan fingerprint density at radius 1 is 1.43 bits per heavy atom. The fourth-order valence-corrected chi connectivity index (χ4v) is 3.46. The smallest absolute Gasteiger partial charge is 0.215 e. The minimum Gasteiger partial charge on any atom is -0.265 e. The van der Waals surface area contributed by atoms with Crippen molar-refractivity contribution in [3.8, 4) is 0 Å². The average molecular weight is 307 g/mol. The summed E-state index contributed by atoms with van der Waals surface area (Å²) >= 11 is 0. The number of aryl methyl sites for hydroxylation is 2. The molecule has 0 saturated carbocycles. The molecule has 0 aliphatic heterocycles. The summed E-state index contributed by atoms with van der Waals surface area (Å²) in [6.07, 6.45) is 2.55. The summed E-state index contributed by atoms with van der Waals surface area (Å²) in [4.78, 5) is 0. The molecule has 1 heterocycles. The summed E-state index contributed by atoms with van der Waals surface area (Å²) in [5.74, 6) is -0.0170. The van der Waals surface area contributed by atoms with Gasteiger partial charge in [-0.05, 0) is 31.9 Å². The number of fused-ring (bicyclic) bond motifs is 1. The van der Waals surface area contributed by atoms with Crippen molar-refractivity contribution in [3.05, 3.63) is 42.1 Å². The van der Waals surface area contributed by atoms with Crippen LogP contribution in [0.3, 0.4) is 0 Å². The van der Waals surface area contributed by atoms with Crippen molar-refractivity contribution in [2.45, 2.75) is 26.8 Å². The number of hydrogen-bond donors (Lipinski definition) is 1. The Balaban J connectivity index is 1.91. The molecule has 0 aliphatic rings. The predicted octanol–water partition coefficient (Wildman–Crippen LogP) is 2.23. The zero-order valence-corrected chi connectivity index (χ0v) is 13.3. The molecular formula is C15H21N3O2S. The molecule has 0 unspecified atom stereocenters. The van der Waals surface area contributed by atoms with Crippen molar-refractivity contribution < 1.29 is 8.42 Å². The minimum atomic E-state index is -3.25. The largest absolute Gasteiger partial charge is 0.265 e. The van der Waals surface area contributed by atoms with Crippen LogP contribution in [0, 0.1) is 6.92 Å². The van der Waals surface area contributed by atoms with Gasteiger partial charge in [-0.15, -0.1) is 0 Å². The Labute approximate surface area is 125 Å². The van der Waals surface area contributed by atoms with Crippen LogP contribution in [0.15, 0.2) is 36.5 Å². The first-order valence-electron chi connectivity index (χ1n) is 6.92. The molecule has 0 amide bonds. The quantitative estimate of drug-likeness (QED) is 0.630. The summed E-state index contributed by atoms with van der Waals surface area (Å²) in [5, 5.41) is 5.50. The second-order valence-electron chi connectivity index (χ2n) is 5.34. The molecule has 114 valence electrons. The fraction of sp³-hybridized carbons (Fsp3) is 0.400. The van der Waals surface area contributed by atoms with E-state index < -0.39 is 10.0 Å². The van der Waals surface area contributed by atoms with Gasteiger partial charge in [-0.3, -0.25) is 4.68 Å². The predicted molar refractivity (Wildman–Crippen MR) is 85.7 cm³/mol. The summed E-state index contributed by atoms with van der Waals surface area (Å²) < 4.78 is 27.8. The van der Waals surface area contributed by atoms with Gasteiger partial charge in [0.25, 0.3) is 0 Å². The van der Waals surface area contributed by atoms with Gasteiger partial charge < -0.3 is 0 Å². The number of hydrogen-bond acceptors (Lipinski definition) is 3. The van der Waals surface area contributed by atoms with Gasteiger partial charge in [0.2, 0.25) is 10.0 Å². The third-order valence-corrected chi connectivity index (χ3v) is 4.73. The van der Waals surface area contributed by atoms with Crippen LogP contribution in [0.2, 0.25) is 0 Å². The molecule has 0 radical (unpaired) electrons. The van der Waals surface area contributed by atoms with Crippen LogP contribution in [-0.4, -0.2) is 30.5 Å². The Bertz CT molecular complexity index is 747. The number of benzene rings is 1. The summed E-state index contributed by atoms with van der Waals surface area (Å²) in [7, 11) is -3.25. The fourth-order valence-electron chi connectivity index (χ4n) is 2.26. The van der Waals surface area contributed by atoms with Gasteiger partial charge in [-0.2, -0.15) is 5.10 Å². The first-order valence-corrected chi connectivity index (χ1v) is 8.57. The van der Waals surface area contributed by atoms with Crippen LogP contribution in [0.4, 0.5) is 0 Å². The molecule has 1 aromatic carbocycles. The van der Waals surface area contributed by atoms with Crippen LogP contribution in [0.1, 0.15) is 18.9 Å². The van der Waals surface area contributed by atoms with Crippen LogP contribution < -0.4 is 4.72 Å². The van der Waals surface area contributed by atoms with E-state index in [1.54, 1.807) is 6.92 Å². The molecule has 6 heteroatoms. The van der Waals surface area contributed by atoms with E-state index in [0.29, 0.717) is 25.1 Å². The lowest BCUT2D eigenvalue weighted by Gasteiger charge is -2.07. The number of nitrogens with one attached hydrogen (secondary N) is 1. The van der Waals surface area contributed by atoms with Gasteiger partial charge >= 0.3 is 0 Å². The van der Waals surface area contributed by atoms with E-state index >= 15 is 0 Å². The lowest BCUT2D eigenvalue weighted by atomic mass is 10.1. The van der Waals surface area contributed by atoms with E-state index in [1.165, 1.54) is 5.56 Å². The highest BCUT2D eigenvalue weighted by Gasteiger charge is 2.09. The Kier molecular flexibility index (Phi) is 4.80. The van der Waals surface area contributed by atoms with Crippen molar-refractivity contribution in [1.82, 2.24) is 14.5 Å². The number of aromatic nitrogens is 2. The van der Waals surface area contributed by atoms with Crippen LogP contribution >= 0.6 is 0 Å². The molecule has 21 heavy (non-hydrogen) atoms. The van der Waals surface area contributed by atoms with Gasteiger partial charge in [-0.1, -0.05) is 24.3 Å². The van der Waals surface area contributed by atoms with E-state index in [2.05, 4.69) is 29.4 Å². The molecule has 0 saturated heterocycles. The maximum atomic E-state index is 11.7. The van der Waals surface area contributed by atoms with E-state index in [-0.39, 0.29) is 5.75 Å². The van der Waals surface area contributed by atoms with E-state index in [0.717, 1.165) is 10.9 Å².